The van der Waals surface area contributed by atoms with Crippen molar-refractivity contribution in [3.05, 3.63) is 30.2 Å². The van der Waals surface area contributed by atoms with Gasteiger partial charge in [-0.3, -0.25) is 14.1 Å². The van der Waals surface area contributed by atoms with Crippen LogP contribution in [-0.4, -0.2) is 62.5 Å². The van der Waals surface area contributed by atoms with Gasteiger partial charge in [-0.05, 0) is 57.8 Å². The predicted octanol–water partition coefficient (Wildman–Crippen LogP) is 2.70. The predicted molar refractivity (Wildman–Crippen MR) is 101 cm³/mol. The third kappa shape index (κ3) is 3.47. The molecular weight excluding hydrogens is 326 g/mol. The van der Waals surface area contributed by atoms with Crippen molar-refractivity contribution >= 4 is 11.6 Å². The second-order valence-corrected chi connectivity index (χ2v) is 7.71. The van der Waals surface area contributed by atoms with Crippen LogP contribution in [0.2, 0.25) is 0 Å². The lowest BCUT2D eigenvalue weighted by Gasteiger charge is -2.36. The molecule has 2 saturated heterocycles. The Labute approximate surface area is 155 Å². The molecule has 2 aliphatic heterocycles. The van der Waals surface area contributed by atoms with Gasteiger partial charge in [-0.2, -0.15) is 0 Å². The highest BCUT2D eigenvalue weighted by Gasteiger charge is 2.31. The molecule has 2 fully saturated rings. The lowest BCUT2D eigenvalue weighted by Crippen LogP contribution is -2.49. The van der Waals surface area contributed by atoms with E-state index in [9.17, 15) is 4.79 Å². The Bertz CT molecular complexity index is 741. The highest BCUT2D eigenvalue weighted by atomic mass is 16.2. The molecule has 1 unspecified atom stereocenters. The van der Waals surface area contributed by atoms with E-state index >= 15 is 0 Å². The monoisotopic (exact) mass is 355 g/mol. The van der Waals surface area contributed by atoms with E-state index in [4.69, 9.17) is 0 Å². The largest absolute Gasteiger partial charge is 0.341 e. The van der Waals surface area contributed by atoms with E-state index in [0.29, 0.717) is 11.8 Å². The summed E-state index contributed by atoms with van der Waals surface area (Å²) in [6.45, 7) is 5.86. The fourth-order valence-corrected chi connectivity index (χ4v) is 4.39. The summed E-state index contributed by atoms with van der Waals surface area (Å²) in [7, 11) is 0. The summed E-state index contributed by atoms with van der Waals surface area (Å²) in [5.41, 5.74) is 0.912. The van der Waals surface area contributed by atoms with Crippen LogP contribution in [0.25, 0.3) is 5.65 Å². The van der Waals surface area contributed by atoms with Crippen molar-refractivity contribution < 1.29 is 4.79 Å². The van der Waals surface area contributed by atoms with E-state index in [1.54, 1.807) is 0 Å². The second kappa shape index (κ2) is 7.74. The van der Waals surface area contributed by atoms with Crippen LogP contribution in [0.3, 0.4) is 0 Å². The summed E-state index contributed by atoms with van der Waals surface area (Å²) in [4.78, 5) is 17.3. The number of piperidine rings is 1. The standard InChI is InChI=1S/C20H29N5O/c1-16(20(26)24-11-5-2-3-6-12-24)23-14-9-17(10-15-23)19-22-21-18-8-4-7-13-25(18)19/h4,7-8,13,16-17H,2-3,5-6,9-12,14-15H2,1H3. The van der Waals surface area contributed by atoms with Gasteiger partial charge in [0.05, 0.1) is 6.04 Å². The van der Waals surface area contributed by atoms with Crippen molar-refractivity contribution in [1.29, 1.82) is 0 Å². The maximum absolute atomic E-state index is 12.9. The first-order valence-corrected chi connectivity index (χ1v) is 10.1. The molecule has 0 bridgehead atoms. The van der Waals surface area contributed by atoms with Crippen molar-refractivity contribution in [3.63, 3.8) is 0 Å². The molecule has 2 aromatic heterocycles. The van der Waals surface area contributed by atoms with Gasteiger partial charge < -0.3 is 4.90 Å². The van der Waals surface area contributed by atoms with Crippen LogP contribution < -0.4 is 0 Å². The normalized spacial score (nSPS) is 21.7. The topological polar surface area (TPSA) is 53.7 Å². The summed E-state index contributed by atoms with van der Waals surface area (Å²) in [6.07, 6.45) is 8.94. The first kappa shape index (κ1) is 17.5. The molecule has 26 heavy (non-hydrogen) atoms. The van der Waals surface area contributed by atoms with Crippen molar-refractivity contribution in [1.82, 2.24) is 24.4 Å². The van der Waals surface area contributed by atoms with Gasteiger partial charge in [0.1, 0.15) is 5.82 Å². The summed E-state index contributed by atoms with van der Waals surface area (Å²) in [5, 5.41) is 8.71. The molecule has 6 heteroatoms. The van der Waals surface area contributed by atoms with Gasteiger partial charge >= 0.3 is 0 Å². The Morgan fingerprint density at radius 1 is 1.04 bits per heavy atom. The molecule has 0 aliphatic carbocycles. The summed E-state index contributed by atoms with van der Waals surface area (Å²) < 4.78 is 2.10. The molecule has 2 aromatic rings. The zero-order valence-electron chi connectivity index (χ0n) is 15.7. The first-order chi connectivity index (χ1) is 12.7. The maximum atomic E-state index is 12.9. The number of pyridine rings is 1. The molecule has 140 valence electrons. The molecule has 1 amide bonds. The van der Waals surface area contributed by atoms with Crippen LogP contribution in [0.5, 0.6) is 0 Å². The molecule has 0 aromatic carbocycles. The number of rotatable bonds is 3. The van der Waals surface area contributed by atoms with E-state index in [2.05, 4.69) is 31.3 Å². The summed E-state index contributed by atoms with van der Waals surface area (Å²) in [6, 6.07) is 6.00. The quantitative estimate of drug-likeness (QED) is 0.849. The van der Waals surface area contributed by atoms with Crippen LogP contribution >= 0.6 is 0 Å². The minimum absolute atomic E-state index is 0.0100. The molecule has 0 spiro atoms. The summed E-state index contributed by atoms with van der Waals surface area (Å²) >= 11 is 0. The first-order valence-electron chi connectivity index (χ1n) is 10.1. The number of hydrogen-bond donors (Lipinski definition) is 0. The van der Waals surface area contributed by atoms with Crippen molar-refractivity contribution in [3.8, 4) is 0 Å². The van der Waals surface area contributed by atoms with Gasteiger partial charge in [-0.1, -0.05) is 18.9 Å². The zero-order valence-corrected chi connectivity index (χ0v) is 15.7. The van der Waals surface area contributed by atoms with E-state index in [1.165, 1.54) is 12.8 Å². The van der Waals surface area contributed by atoms with E-state index in [-0.39, 0.29) is 6.04 Å². The Balaban J connectivity index is 1.37. The van der Waals surface area contributed by atoms with Crippen LogP contribution in [0, 0.1) is 0 Å². The molecule has 4 rings (SSSR count). The number of carbonyl (C=O) groups excluding carboxylic acids is 1. The number of hydrogen-bond acceptors (Lipinski definition) is 4. The molecule has 1 atom stereocenters. The van der Waals surface area contributed by atoms with E-state index < -0.39 is 0 Å². The Morgan fingerprint density at radius 3 is 2.50 bits per heavy atom. The van der Waals surface area contributed by atoms with Gasteiger partial charge in [-0.15, -0.1) is 10.2 Å². The van der Waals surface area contributed by atoms with Crippen molar-refractivity contribution in [2.75, 3.05) is 26.2 Å². The van der Waals surface area contributed by atoms with E-state index in [1.807, 2.05) is 24.4 Å². The second-order valence-electron chi connectivity index (χ2n) is 7.71. The molecular formula is C20H29N5O. The van der Waals surface area contributed by atoms with Gasteiger partial charge in [-0.25, -0.2) is 0 Å². The maximum Gasteiger partial charge on any atom is 0.239 e. The van der Waals surface area contributed by atoms with Gasteiger partial charge in [0, 0.05) is 25.2 Å². The lowest BCUT2D eigenvalue weighted by molar-refractivity contribution is -0.136. The molecule has 4 heterocycles. The fraction of sp³-hybridized carbons (Fsp3) is 0.650. The number of nitrogens with zero attached hydrogens (tertiary/aromatic N) is 5. The number of aromatic nitrogens is 3. The number of carbonyl (C=O) groups is 1. The smallest absolute Gasteiger partial charge is 0.239 e. The highest BCUT2D eigenvalue weighted by Crippen LogP contribution is 2.28. The molecule has 6 nitrogen and oxygen atoms in total. The van der Waals surface area contributed by atoms with Crippen molar-refractivity contribution in [2.24, 2.45) is 0 Å². The van der Waals surface area contributed by atoms with Gasteiger partial charge in [0.2, 0.25) is 5.91 Å². The fourth-order valence-electron chi connectivity index (χ4n) is 4.39. The van der Waals surface area contributed by atoms with E-state index in [0.717, 1.165) is 63.3 Å². The van der Waals surface area contributed by atoms with Gasteiger partial charge in [0.15, 0.2) is 5.65 Å². The molecule has 0 radical (unpaired) electrons. The zero-order chi connectivity index (χ0) is 17.9. The number of amides is 1. The molecule has 2 aliphatic rings. The number of fused-ring (bicyclic) bond motifs is 1. The van der Waals surface area contributed by atoms with Crippen LogP contribution in [-0.2, 0) is 4.79 Å². The van der Waals surface area contributed by atoms with Crippen LogP contribution in [0.1, 0.15) is 57.2 Å². The lowest BCUT2D eigenvalue weighted by atomic mass is 9.95. The minimum Gasteiger partial charge on any atom is -0.341 e. The molecule has 0 N–H and O–H groups in total. The third-order valence-corrected chi connectivity index (χ3v) is 6.06. The van der Waals surface area contributed by atoms with Crippen molar-refractivity contribution in [2.45, 2.75) is 57.4 Å². The van der Waals surface area contributed by atoms with Crippen LogP contribution in [0.15, 0.2) is 24.4 Å². The molecule has 0 saturated carbocycles. The SMILES string of the molecule is CC(C(=O)N1CCCCCC1)N1CCC(c2nnc3ccccn23)CC1. The number of likely N-dealkylation sites (tertiary alicyclic amines) is 2. The Kier molecular flexibility index (Phi) is 5.20. The average Bonchev–Trinajstić information content (AvgIpc) is 2.93. The Morgan fingerprint density at radius 2 is 1.77 bits per heavy atom. The third-order valence-electron chi connectivity index (χ3n) is 6.06. The van der Waals surface area contributed by atoms with Gasteiger partial charge in [0.25, 0.3) is 0 Å². The Hall–Kier alpha value is -1.95. The minimum atomic E-state index is -0.0100. The highest BCUT2D eigenvalue weighted by molar-refractivity contribution is 5.81. The van der Waals surface area contributed by atoms with Crippen LogP contribution in [0.4, 0.5) is 0 Å². The summed E-state index contributed by atoms with van der Waals surface area (Å²) in [5.74, 6) is 1.80. The average molecular weight is 355 g/mol.